The number of rotatable bonds is 7. The SMILES string of the molecule is CCOC(=O)CCc1c(C)c2cc3c(c(C)c2oc1=O)OCN(Cc1ccc(OC)cc1)C3. The Morgan fingerprint density at radius 3 is 2.61 bits per heavy atom. The number of hydrogen-bond donors (Lipinski definition) is 0. The van der Waals surface area contributed by atoms with Crippen LogP contribution in [0.3, 0.4) is 0 Å². The molecule has 0 unspecified atom stereocenters. The summed E-state index contributed by atoms with van der Waals surface area (Å²) < 4.78 is 22.0. The fourth-order valence-corrected chi connectivity index (χ4v) is 4.33. The molecule has 0 amide bonds. The molecule has 0 radical (unpaired) electrons. The fourth-order valence-electron chi connectivity index (χ4n) is 4.33. The molecule has 2 heterocycles. The van der Waals surface area contributed by atoms with Crippen molar-refractivity contribution in [1.82, 2.24) is 4.90 Å². The highest BCUT2D eigenvalue weighted by Crippen LogP contribution is 2.36. The Morgan fingerprint density at radius 1 is 1.15 bits per heavy atom. The second-order valence-electron chi connectivity index (χ2n) is 8.27. The number of carbonyl (C=O) groups excluding carboxylic acids is 1. The number of fused-ring (bicyclic) bond motifs is 2. The van der Waals surface area contributed by atoms with Gasteiger partial charge in [-0.3, -0.25) is 9.69 Å². The lowest BCUT2D eigenvalue weighted by atomic mass is 9.97. The molecule has 0 N–H and O–H groups in total. The number of ether oxygens (including phenoxy) is 3. The minimum atomic E-state index is -0.413. The van der Waals surface area contributed by atoms with Gasteiger partial charge in [0.2, 0.25) is 0 Å². The first-order valence-corrected chi connectivity index (χ1v) is 11.1. The molecule has 0 atom stereocenters. The highest BCUT2D eigenvalue weighted by atomic mass is 16.5. The minimum Gasteiger partial charge on any atom is -0.497 e. The van der Waals surface area contributed by atoms with Gasteiger partial charge in [0.05, 0.1) is 13.7 Å². The third kappa shape index (κ3) is 4.73. The van der Waals surface area contributed by atoms with Crippen molar-refractivity contribution < 1.29 is 23.4 Å². The quantitative estimate of drug-likeness (QED) is 0.392. The molecule has 7 nitrogen and oxygen atoms in total. The van der Waals surface area contributed by atoms with Crippen LogP contribution in [0, 0.1) is 13.8 Å². The van der Waals surface area contributed by atoms with E-state index in [0.717, 1.165) is 46.7 Å². The molecule has 0 bridgehead atoms. The molecule has 33 heavy (non-hydrogen) atoms. The predicted octanol–water partition coefficient (Wildman–Crippen LogP) is 4.27. The van der Waals surface area contributed by atoms with E-state index in [2.05, 4.69) is 17.0 Å². The van der Waals surface area contributed by atoms with Crippen LogP contribution in [0.15, 0.2) is 39.5 Å². The Hall–Kier alpha value is -3.32. The Kier molecular flexibility index (Phi) is 6.70. The Morgan fingerprint density at radius 2 is 1.91 bits per heavy atom. The third-order valence-corrected chi connectivity index (χ3v) is 6.07. The molecule has 2 aromatic carbocycles. The normalized spacial score (nSPS) is 13.5. The second kappa shape index (κ2) is 9.67. The number of esters is 1. The van der Waals surface area contributed by atoms with Crippen molar-refractivity contribution in [3.8, 4) is 11.5 Å². The summed E-state index contributed by atoms with van der Waals surface area (Å²) in [6, 6.07) is 10.1. The van der Waals surface area contributed by atoms with Crippen molar-refractivity contribution in [3.05, 3.63) is 68.6 Å². The Bertz CT molecular complexity index is 1230. The van der Waals surface area contributed by atoms with Gasteiger partial charge in [-0.15, -0.1) is 0 Å². The van der Waals surface area contributed by atoms with Crippen molar-refractivity contribution >= 4 is 16.9 Å². The molecule has 0 aliphatic carbocycles. The summed E-state index contributed by atoms with van der Waals surface area (Å²) in [4.78, 5) is 26.7. The average Bonchev–Trinajstić information content (AvgIpc) is 2.80. The van der Waals surface area contributed by atoms with E-state index in [1.54, 1.807) is 14.0 Å². The van der Waals surface area contributed by atoms with Crippen LogP contribution in [0.4, 0.5) is 0 Å². The molecule has 1 aliphatic rings. The van der Waals surface area contributed by atoms with Crippen molar-refractivity contribution in [2.45, 2.75) is 46.7 Å². The van der Waals surface area contributed by atoms with Gasteiger partial charge in [-0.05, 0) is 56.5 Å². The lowest BCUT2D eigenvalue weighted by molar-refractivity contribution is -0.143. The summed E-state index contributed by atoms with van der Waals surface area (Å²) >= 11 is 0. The zero-order chi connectivity index (χ0) is 23.5. The summed E-state index contributed by atoms with van der Waals surface area (Å²) in [6.45, 7) is 7.82. The van der Waals surface area contributed by atoms with Crippen LogP contribution in [0.25, 0.3) is 11.0 Å². The maximum Gasteiger partial charge on any atom is 0.339 e. The molecular weight excluding hydrogens is 422 g/mol. The number of hydrogen-bond acceptors (Lipinski definition) is 7. The second-order valence-corrected chi connectivity index (χ2v) is 8.27. The van der Waals surface area contributed by atoms with Crippen molar-refractivity contribution in [2.75, 3.05) is 20.4 Å². The molecule has 1 aromatic heterocycles. The van der Waals surface area contributed by atoms with Gasteiger partial charge in [-0.1, -0.05) is 12.1 Å². The van der Waals surface area contributed by atoms with E-state index in [0.29, 0.717) is 30.9 Å². The highest BCUT2D eigenvalue weighted by Gasteiger charge is 2.24. The van der Waals surface area contributed by atoms with E-state index in [-0.39, 0.29) is 12.4 Å². The monoisotopic (exact) mass is 451 g/mol. The maximum atomic E-state index is 12.7. The van der Waals surface area contributed by atoms with E-state index in [1.165, 1.54) is 5.56 Å². The van der Waals surface area contributed by atoms with E-state index in [4.69, 9.17) is 18.6 Å². The zero-order valence-corrected chi connectivity index (χ0v) is 19.5. The van der Waals surface area contributed by atoms with E-state index in [9.17, 15) is 9.59 Å². The minimum absolute atomic E-state index is 0.146. The van der Waals surface area contributed by atoms with Crippen LogP contribution in [0.2, 0.25) is 0 Å². The molecule has 0 saturated heterocycles. The average molecular weight is 452 g/mol. The summed E-state index contributed by atoms with van der Waals surface area (Å²) in [7, 11) is 1.66. The summed E-state index contributed by atoms with van der Waals surface area (Å²) in [6.07, 6.45) is 0.437. The van der Waals surface area contributed by atoms with Gasteiger partial charge < -0.3 is 18.6 Å². The highest BCUT2D eigenvalue weighted by molar-refractivity contribution is 5.87. The largest absolute Gasteiger partial charge is 0.497 e. The van der Waals surface area contributed by atoms with Crippen LogP contribution < -0.4 is 15.1 Å². The van der Waals surface area contributed by atoms with Crippen LogP contribution in [-0.2, 0) is 29.0 Å². The smallest absolute Gasteiger partial charge is 0.339 e. The third-order valence-electron chi connectivity index (χ3n) is 6.07. The van der Waals surface area contributed by atoms with E-state index in [1.807, 2.05) is 32.0 Å². The number of carbonyl (C=O) groups is 1. The number of methoxy groups -OCH3 is 1. The lowest BCUT2D eigenvalue weighted by Crippen LogP contribution is -2.32. The van der Waals surface area contributed by atoms with Crippen LogP contribution in [0.1, 0.15) is 41.2 Å². The molecule has 0 fully saturated rings. The van der Waals surface area contributed by atoms with Crippen LogP contribution in [-0.4, -0.2) is 31.3 Å². The maximum absolute atomic E-state index is 12.7. The van der Waals surface area contributed by atoms with E-state index >= 15 is 0 Å². The van der Waals surface area contributed by atoms with Gasteiger partial charge in [-0.25, -0.2) is 4.79 Å². The van der Waals surface area contributed by atoms with Crippen molar-refractivity contribution in [1.29, 1.82) is 0 Å². The Labute approximate surface area is 192 Å². The standard InChI is InChI=1S/C26H29NO6/c1-5-31-23(28)11-10-21-16(2)22-12-19-14-27(13-18-6-8-20(30-4)9-7-18)15-32-24(19)17(3)25(22)33-26(21)29/h6-9,12H,5,10-11,13-15H2,1-4H3. The van der Waals surface area contributed by atoms with Gasteiger partial charge in [0.25, 0.3) is 0 Å². The van der Waals surface area contributed by atoms with Crippen LogP contribution >= 0.6 is 0 Å². The predicted molar refractivity (Wildman–Crippen MR) is 125 cm³/mol. The summed E-state index contributed by atoms with van der Waals surface area (Å²) in [5.41, 5.74) is 4.52. The van der Waals surface area contributed by atoms with Gasteiger partial charge in [0, 0.05) is 41.6 Å². The lowest BCUT2D eigenvalue weighted by Gasteiger charge is -2.30. The van der Waals surface area contributed by atoms with E-state index < -0.39 is 5.63 Å². The molecule has 4 rings (SSSR count). The fraction of sp³-hybridized carbons (Fsp3) is 0.385. The number of aryl methyl sites for hydroxylation is 2. The molecule has 0 spiro atoms. The first kappa shape index (κ1) is 22.9. The van der Waals surface area contributed by atoms with Gasteiger partial charge in [0.15, 0.2) is 0 Å². The summed E-state index contributed by atoms with van der Waals surface area (Å²) in [5.74, 6) is 1.28. The van der Waals surface area contributed by atoms with Gasteiger partial charge >= 0.3 is 11.6 Å². The molecule has 7 heteroatoms. The molecule has 0 saturated carbocycles. The number of nitrogens with zero attached hydrogens (tertiary/aromatic N) is 1. The summed E-state index contributed by atoms with van der Waals surface area (Å²) in [5, 5.41) is 0.875. The topological polar surface area (TPSA) is 78.2 Å². The first-order chi connectivity index (χ1) is 15.9. The van der Waals surface area contributed by atoms with Crippen molar-refractivity contribution in [3.63, 3.8) is 0 Å². The molecular formula is C26H29NO6. The molecule has 174 valence electrons. The van der Waals surface area contributed by atoms with Gasteiger partial charge in [-0.2, -0.15) is 0 Å². The van der Waals surface area contributed by atoms with Crippen LogP contribution in [0.5, 0.6) is 11.5 Å². The number of benzene rings is 2. The van der Waals surface area contributed by atoms with Gasteiger partial charge in [0.1, 0.15) is 23.8 Å². The molecule has 3 aromatic rings. The zero-order valence-electron chi connectivity index (χ0n) is 19.5. The first-order valence-electron chi connectivity index (χ1n) is 11.1. The Balaban J connectivity index is 1.62. The molecule has 1 aliphatic heterocycles. The van der Waals surface area contributed by atoms with Crippen molar-refractivity contribution in [2.24, 2.45) is 0 Å².